The summed E-state index contributed by atoms with van der Waals surface area (Å²) in [6.07, 6.45) is 1.50. The summed E-state index contributed by atoms with van der Waals surface area (Å²) in [5.41, 5.74) is 0.570. The first-order chi connectivity index (χ1) is 8.16. The molecule has 0 saturated carbocycles. The third kappa shape index (κ3) is 2.88. The van der Waals surface area contributed by atoms with E-state index in [9.17, 15) is 9.18 Å². The van der Waals surface area contributed by atoms with Gasteiger partial charge < -0.3 is 5.32 Å². The zero-order valence-corrected chi connectivity index (χ0v) is 10.2. The number of para-hydroxylation sites is 1. The van der Waals surface area contributed by atoms with E-state index >= 15 is 0 Å². The van der Waals surface area contributed by atoms with Gasteiger partial charge in [0.25, 0.3) is 5.91 Å². The van der Waals surface area contributed by atoms with Crippen LogP contribution in [-0.4, -0.2) is 10.9 Å². The normalized spacial score (nSPS) is 10.0. The first-order valence-corrected chi connectivity index (χ1v) is 5.63. The number of hydrogen-bond donors (Lipinski definition) is 1. The van der Waals surface area contributed by atoms with Gasteiger partial charge in [0.1, 0.15) is 10.4 Å². The predicted octanol–water partition coefficient (Wildman–Crippen LogP) is 3.24. The fourth-order valence-electron chi connectivity index (χ4n) is 1.30. The van der Waals surface area contributed by atoms with Crippen molar-refractivity contribution in [3.63, 3.8) is 0 Å². The molecule has 0 saturated heterocycles. The summed E-state index contributed by atoms with van der Waals surface area (Å²) in [4.78, 5) is 15.7. The molecule has 1 aromatic heterocycles. The van der Waals surface area contributed by atoms with Crippen LogP contribution in [0.25, 0.3) is 0 Å². The molecule has 0 unspecified atom stereocenters. The molecule has 1 heterocycles. The number of hydrogen-bond acceptors (Lipinski definition) is 2. The Morgan fingerprint density at radius 3 is 2.76 bits per heavy atom. The second kappa shape index (κ2) is 5.05. The van der Waals surface area contributed by atoms with Gasteiger partial charge in [0.2, 0.25) is 0 Å². The highest BCUT2D eigenvalue weighted by atomic mass is 79.9. The number of carbonyl (C=O) groups excluding carboxylic acids is 1. The Balaban J connectivity index is 2.20. The zero-order chi connectivity index (χ0) is 12.3. The second-order valence-electron chi connectivity index (χ2n) is 3.30. The molecule has 3 nitrogen and oxygen atoms in total. The molecule has 0 fully saturated rings. The number of rotatable bonds is 2. The van der Waals surface area contributed by atoms with Gasteiger partial charge in [-0.1, -0.05) is 12.1 Å². The molecule has 0 spiro atoms. The molecule has 5 heteroatoms. The van der Waals surface area contributed by atoms with Gasteiger partial charge in [0.15, 0.2) is 0 Å². The summed E-state index contributed by atoms with van der Waals surface area (Å²) in [5.74, 6) is -0.841. The van der Waals surface area contributed by atoms with E-state index in [4.69, 9.17) is 0 Å². The Morgan fingerprint density at radius 2 is 2.06 bits per heavy atom. The highest BCUT2D eigenvalue weighted by Crippen LogP contribution is 2.15. The Hall–Kier alpha value is -1.75. The maximum atomic E-state index is 13.3. The predicted molar refractivity (Wildman–Crippen MR) is 66.3 cm³/mol. The van der Waals surface area contributed by atoms with Crippen LogP contribution in [0.15, 0.2) is 47.2 Å². The number of aromatic nitrogens is 1. The molecule has 1 N–H and O–H groups in total. The van der Waals surface area contributed by atoms with E-state index in [-0.39, 0.29) is 11.6 Å². The van der Waals surface area contributed by atoms with Crippen LogP contribution in [0.3, 0.4) is 0 Å². The first kappa shape index (κ1) is 11.7. The lowest BCUT2D eigenvalue weighted by atomic mass is 10.2. The minimum atomic E-state index is -0.464. The van der Waals surface area contributed by atoms with Crippen LogP contribution in [0.4, 0.5) is 10.1 Å². The molecular weight excluding hydrogens is 287 g/mol. The van der Waals surface area contributed by atoms with E-state index in [1.807, 2.05) is 0 Å². The molecule has 0 radical (unpaired) electrons. The number of anilines is 1. The zero-order valence-electron chi connectivity index (χ0n) is 8.65. The lowest BCUT2D eigenvalue weighted by Gasteiger charge is -2.05. The van der Waals surface area contributed by atoms with E-state index in [1.165, 1.54) is 18.3 Å². The number of nitrogens with one attached hydrogen (secondary N) is 1. The van der Waals surface area contributed by atoms with Crippen molar-refractivity contribution in [3.8, 4) is 0 Å². The van der Waals surface area contributed by atoms with Crippen molar-refractivity contribution in [2.45, 2.75) is 0 Å². The quantitative estimate of drug-likeness (QED) is 0.864. The van der Waals surface area contributed by atoms with Gasteiger partial charge >= 0.3 is 0 Å². The maximum absolute atomic E-state index is 13.3. The van der Waals surface area contributed by atoms with Crippen LogP contribution in [0.5, 0.6) is 0 Å². The third-order valence-corrected chi connectivity index (χ3v) is 2.54. The molecule has 0 atom stereocenters. The van der Waals surface area contributed by atoms with Crippen molar-refractivity contribution in [2.75, 3.05) is 5.32 Å². The van der Waals surface area contributed by atoms with Gasteiger partial charge in [0.05, 0.1) is 5.69 Å². The van der Waals surface area contributed by atoms with Gasteiger partial charge in [-0.05, 0) is 40.2 Å². The lowest BCUT2D eigenvalue weighted by molar-refractivity contribution is 0.102. The average Bonchev–Trinajstić information content (AvgIpc) is 2.32. The number of carbonyl (C=O) groups is 1. The van der Waals surface area contributed by atoms with Gasteiger partial charge in [-0.25, -0.2) is 9.37 Å². The first-order valence-electron chi connectivity index (χ1n) is 4.84. The highest BCUT2D eigenvalue weighted by molar-refractivity contribution is 9.10. The van der Waals surface area contributed by atoms with Crippen molar-refractivity contribution in [3.05, 3.63) is 58.6 Å². The minimum Gasteiger partial charge on any atom is -0.319 e. The summed E-state index contributed by atoms with van der Waals surface area (Å²) < 4.78 is 13.9. The maximum Gasteiger partial charge on any atom is 0.255 e. The third-order valence-electron chi connectivity index (χ3n) is 2.11. The van der Waals surface area contributed by atoms with Crippen LogP contribution in [0.2, 0.25) is 0 Å². The molecular formula is C12H8BrFN2O. The summed E-state index contributed by atoms with van der Waals surface area (Å²) in [6.45, 7) is 0. The molecule has 0 aliphatic carbocycles. The Morgan fingerprint density at radius 1 is 1.29 bits per heavy atom. The fraction of sp³-hybridized carbons (Fsp3) is 0. The number of halogens is 2. The monoisotopic (exact) mass is 294 g/mol. The Bertz CT molecular complexity index is 560. The molecule has 1 amide bonds. The van der Waals surface area contributed by atoms with Gasteiger partial charge in [-0.15, -0.1) is 0 Å². The molecule has 2 rings (SSSR count). The standard InChI is InChI=1S/C12H8BrFN2O/c13-11-7-8(5-6-15-11)12(17)16-10-4-2-1-3-9(10)14/h1-7H,(H,16,17). The minimum absolute atomic E-state index is 0.158. The van der Waals surface area contributed by atoms with Gasteiger partial charge in [-0.2, -0.15) is 0 Å². The summed E-state index contributed by atoms with van der Waals surface area (Å²) >= 11 is 3.17. The van der Waals surface area contributed by atoms with Crippen molar-refractivity contribution in [2.24, 2.45) is 0 Å². The number of amides is 1. The Labute approximate surface area is 106 Å². The molecule has 2 aromatic rings. The number of nitrogens with zero attached hydrogens (tertiary/aromatic N) is 1. The van der Waals surface area contributed by atoms with E-state index in [1.54, 1.807) is 24.3 Å². The van der Waals surface area contributed by atoms with Crippen LogP contribution >= 0.6 is 15.9 Å². The van der Waals surface area contributed by atoms with Crippen LogP contribution < -0.4 is 5.32 Å². The SMILES string of the molecule is O=C(Nc1ccccc1F)c1ccnc(Br)c1. The molecule has 0 aliphatic heterocycles. The van der Waals surface area contributed by atoms with E-state index in [0.717, 1.165) is 0 Å². The summed E-state index contributed by atoms with van der Waals surface area (Å²) in [7, 11) is 0. The van der Waals surface area contributed by atoms with Crippen LogP contribution in [0.1, 0.15) is 10.4 Å². The largest absolute Gasteiger partial charge is 0.319 e. The highest BCUT2D eigenvalue weighted by Gasteiger charge is 2.09. The van der Waals surface area contributed by atoms with E-state index in [0.29, 0.717) is 10.2 Å². The second-order valence-corrected chi connectivity index (χ2v) is 4.11. The van der Waals surface area contributed by atoms with Crippen molar-refractivity contribution in [1.29, 1.82) is 0 Å². The molecule has 0 aliphatic rings. The number of pyridine rings is 1. The van der Waals surface area contributed by atoms with Crippen molar-refractivity contribution < 1.29 is 9.18 Å². The van der Waals surface area contributed by atoms with Crippen LogP contribution in [-0.2, 0) is 0 Å². The smallest absolute Gasteiger partial charge is 0.255 e. The van der Waals surface area contributed by atoms with E-state index in [2.05, 4.69) is 26.2 Å². The van der Waals surface area contributed by atoms with Gasteiger partial charge in [0, 0.05) is 11.8 Å². The topological polar surface area (TPSA) is 42.0 Å². The Kier molecular flexibility index (Phi) is 3.49. The number of benzene rings is 1. The molecule has 17 heavy (non-hydrogen) atoms. The molecule has 86 valence electrons. The lowest BCUT2D eigenvalue weighted by Crippen LogP contribution is -2.13. The fourth-order valence-corrected chi connectivity index (χ4v) is 1.67. The van der Waals surface area contributed by atoms with Crippen molar-refractivity contribution in [1.82, 2.24) is 4.98 Å². The van der Waals surface area contributed by atoms with Crippen LogP contribution in [0, 0.1) is 5.82 Å². The van der Waals surface area contributed by atoms with Crippen molar-refractivity contribution >= 4 is 27.5 Å². The van der Waals surface area contributed by atoms with E-state index < -0.39 is 5.82 Å². The summed E-state index contributed by atoms with van der Waals surface area (Å²) in [5, 5.41) is 2.49. The molecule has 0 bridgehead atoms. The molecule has 1 aromatic carbocycles. The summed E-state index contributed by atoms with van der Waals surface area (Å²) in [6, 6.07) is 9.13. The van der Waals surface area contributed by atoms with Gasteiger partial charge in [-0.3, -0.25) is 4.79 Å². The average molecular weight is 295 g/mol.